The van der Waals surface area contributed by atoms with Crippen LogP contribution in [0.5, 0.6) is 0 Å². The van der Waals surface area contributed by atoms with Gasteiger partial charge in [-0.2, -0.15) is 5.10 Å². The van der Waals surface area contributed by atoms with Gasteiger partial charge in [-0.1, -0.05) is 30.3 Å². The van der Waals surface area contributed by atoms with E-state index in [9.17, 15) is 4.79 Å². The van der Waals surface area contributed by atoms with Crippen molar-refractivity contribution in [1.29, 1.82) is 0 Å². The minimum atomic E-state index is -0.317. The van der Waals surface area contributed by atoms with Crippen molar-refractivity contribution in [1.82, 2.24) is 20.4 Å². The number of nitrogens with zero attached hydrogens (tertiary/aromatic N) is 2. The molecular formula is C20H27ClN4O2. The summed E-state index contributed by atoms with van der Waals surface area (Å²) in [4.78, 5) is 14.5. The van der Waals surface area contributed by atoms with Gasteiger partial charge in [0.25, 0.3) is 5.91 Å². The van der Waals surface area contributed by atoms with Gasteiger partial charge < -0.3 is 15.0 Å². The molecule has 1 aromatic heterocycles. The smallest absolute Gasteiger partial charge is 0.253 e. The van der Waals surface area contributed by atoms with E-state index < -0.39 is 0 Å². The van der Waals surface area contributed by atoms with Crippen molar-refractivity contribution in [2.45, 2.75) is 31.3 Å². The predicted molar refractivity (Wildman–Crippen MR) is 106 cm³/mol. The predicted octanol–water partition coefficient (Wildman–Crippen LogP) is 2.12. The molecule has 2 fully saturated rings. The van der Waals surface area contributed by atoms with E-state index in [0.717, 1.165) is 50.3 Å². The first-order valence-electron chi connectivity index (χ1n) is 9.49. The molecule has 0 saturated carbocycles. The van der Waals surface area contributed by atoms with E-state index >= 15 is 0 Å². The molecule has 1 atom stereocenters. The number of carbonyl (C=O) groups excluding carboxylic acids is 1. The van der Waals surface area contributed by atoms with Crippen molar-refractivity contribution in [3.8, 4) is 0 Å². The molecular weight excluding hydrogens is 364 g/mol. The lowest BCUT2D eigenvalue weighted by Crippen LogP contribution is -2.51. The zero-order valence-electron chi connectivity index (χ0n) is 15.4. The van der Waals surface area contributed by atoms with Gasteiger partial charge in [0.05, 0.1) is 12.3 Å². The van der Waals surface area contributed by atoms with Crippen LogP contribution in [0.4, 0.5) is 0 Å². The van der Waals surface area contributed by atoms with Gasteiger partial charge in [0.2, 0.25) is 0 Å². The average molecular weight is 391 g/mol. The summed E-state index contributed by atoms with van der Waals surface area (Å²) in [7, 11) is 0. The highest BCUT2D eigenvalue weighted by Gasteiger charge is 2.30. The molecule has 146 valence electrons. The lowest BCUT2D eigenvalue weighted by Gasteiger charge is -2.34. The van der Waals surface area contributed by atoms with Crippen LogP contribution in [0, 0.1) is 0 Å². The monoisotopic (exact) mass is 390 g/mol. The molecule has 0 bridgehead atoms. The Kier molecular flexibility index (Phi) is 6.88. The summed E-state index contributed by atoms with van der Waals surface area (Å²) in [6, 6.07) is 12.6. The number of likely N-dealkylation sites (tertiary alicyclic amines) is 1. The SMILES string of the molecule is Cl.O=C(C1CNCCO1)N1CCC(c2cc(Cc3ccccc3)[nH]n2)CC1. The zero-order chi connectivity index (χ0) is 17.8. The first-order chi connectivity index (χ1) is 12.8. The Morgan fingerprint density at radius 2 is 2.00 bits per heavy atom. The topological polar surface area (TPSA) is 70.2 Å². The summed E-state index contributed by atoms with van der Waals surface area (Å²) >= 11 is 0. The second kappa shape index (κ2) is 9.35. The van der Waals surface area contributed by atoms with Gasteiger partial charge in [-0.25, -0.2) is 0 Å². The number of aromatic amines is 1. The van der Waals surface area contributed by atoms with E-state index in [2.05, 4.69) is 45.8 Å². The van der Waals surface area contributed by atoms with Crippen LogP contribution < -0.4 is 5.32 Å². The van der Waals surface area contributed by atoms with E-state index in [0.29, 0.717) is 19.1 Å². The van der Waals surface area contributed by atoms with Gasteiger partial charge in [0, 0.05) is 44.2 Å². The van der Waals surface area contributed by atoms with Crippen LogP contribution in [0.2, 0.25) is 0 Å². The van der Waals surface area contributed by atoms with Gasteiger partial charge in [0.1, 0.15) is 6.10 Å². The third-order valence-corrected chi connectivity index (χ3v) is 5.32. The molecule has 0 spiro atoms. The maximum Gasteiger partial charge on any atom is 0.253 e. The van der Waals surface area contributed by atoms with Crippen LogP contribution in [-0.2, 0) is 16.0 Å². The largest absolute Gasteiger partial charge is 0.366 e. The normalized spacial score (nSPS) is 20.9. The van der Waals surface area contributed by atoms with Crippen LogP contribution in [0.3, 0.4) is 0 Å². The van der Waals surface area contributed by atoms with Crippen molar-refractivity contribution < 1.29 is 9.53 Å². The number of H-pyrrole nitrogens is 1. The van der Waals surface area contributed by atoms with Crippen LogP contribution in [0.25, 0.3) is 0 Å². The molecule has 6 nitrogen and oxygen atoms in total. The fraction of sp³-hybridized carbons (Fsp3) is 0.500. The molecule has 3 heterocycles. The van der Waals surface area contributed by atoms with E-state index in [-0.39, 0.29) is 24.4 Å². The third-order valence-electron chi connectivity index (χ3n) is 5.32. The molecule has 2 N–H and O–H groups in total. The Labute approximate surface area is 166 Å². The van der Waals surface area contributed by atoms with Crippen LogP contribution in [-0.4, -0.2) is 59.9 Å². The molecule has 1 unspecified atom stereocenters. The Hall–Kier alpha value is -1.89. The van der Waals surface area contributed by atoms with E-state index in [1.54, 1.807) is 0 Å². The highest BCUT2D eigenvalue weighted by atomic mass is 35.5. The van der Waals surface area contributed by atoms with Gasteiger partial charge >= 0.3 is 0 Å². The highest BCUT2D eigenvalue weighted by molar-refractivity contribution is 5.85. The second-order valence-corrected chi connectivity index (χ2v) is 7.14. The van der Waals surface area contributed by atoms with E-state index in [1.165, 1.54) is 5.56 Å². The number of morpholine rings is 1. The summed E-state index contributed by atoms with van der Waals surface area (Å²) in [6.07, 6.45) is 2.48. The second-order valence-electron chi connectivity index (χ2n) is 7.14. The number of piperidine rings is 1. The van der Waals surface area contributed by atoms with Gasteiger partial charge in [0.15, 0.2) is 0 Å². The number of rotatable bonds is 4. The maximum absolute atomic E-state index is 12.5. The number of aromatic nitrogens is 2. The molecule has 0 aliphatic carbocycles. The van der Waals surface area contributed by atoms with E-state index in [1.807, 2.05) is 11.0 Å². The summed E-state index contributed by atoms with van der Waals surface area (Å²) in [5.41, 5.74) is 3.55. The number of nitrogens with one attached hydrogen (secondary N) is 2. The van der Waals surface area contributed by atoms with E-state index in [4.69, 9.17) is 4.74 Å². The van der Waals surface area contributed by atoms with Crippen molar-refractivity contribution in [3.05, 3.63) is 53.3 Å². The number of halogens is 1. The molecule has 2 aliphatic heterocycles. The molecule has 4 rings (SSSR count). The zero-order valence-corrected chi connectivity index (χ0v) is 16.2. The molecule has 1 aromatic carbocycles. The molecule has 2 aliphatic rings. The fourth-order valence-electron chi connectivity index (χ4n) is 3.82. The molecule has 2 aromatic rings. The number of hydrogen-bond donors (Lipinski definition) is 2. The average Bonchev–Trinajstić information content (AvgIpc) is 3.17. The molecule has 27 heavy (non-hydrogen) atoms. The van der Waals surface area contributed by atoms with Crippen LogP contribution in [0.1, 0.15) is 35.7 Å². The fourth-order valence-corrected chi connectivity index (χ4v) is 3.82. The quantitative estimate of drug-likeness (QED) is 0.838. The highest BCUT2D eigenvalue weighted by Crippen LogP contribution is 2.28. The number of amides is 1. The molecule has 2 saturated heterocycles. The minimum absolute atomic E-state index is 0. The molecule has 7 heteroatoms. The molecule has 0 radical (unpaired) electrons. The first-order valence-corrected chi connectivity index (χ1v) is 9.49. The number of hydrogen-bond acceptors (Lipinski definition) is 4. The lowest BCUT2D eigenvalue weighted by atomic mass is 9.93. The standard InChI is InChI=1S/C20H26N4O2.ClH/c25-20(19-14-21-8-11-26-19)24-9-6-16(7-10-24)18-13-17(22-23-18)12-15-4-2-1-3-5-15;/h1-5,13,16,19,21H,6-12,14H2,(H,22,23);1H. The Balaban J connectivity index is 0.00000210. The Morgan fingerprint density at radius 3 is 2.70 bits per heavy atom. The summed E-state index contributed by atoms with van der Waals surface area (Å²) < 4.78 is 5.59. The third kappa shape index (κ3) is 4.89. The minimum Gasteiger partial charge on any atom is -0.366 e. The number of benzene rings is 1. The Bertz CT molecular complexity index is 723. The number of carbonyl (C=O) groups is 1. The Morgan fingerprint density at radius 1 is 1.22 bits per heavy atom. The van der Waals surface area contributed by atoms with Crippen molar-refractivity contribution in [2.24, 2.45) is 0 Å². The van der Waals surface area contributed by atoms with Crippen molar-refractivity contribution in [3.63, 3.8) is 0 Å². The number of ether oxygens (including phenoxy) is 1. The maximum atomic E-state index is 12.5. The van der Waals surface area contributed by atoms with Crippen molar-refractivity contribution in [2.75, 3.05) is 32.8 Å². The summed E-state index contributed by atoms with van der Waals surface area (Å²) in [6.45, 7) is 3.64. The van der Waals surface area contributed by atoms with Crippen LogP contribution >= 0.6 is 12.4 Å². The summed E-state index contributed by atoms with van der Waals surface area (Å²) in [5.74, 6) is 0.549. The van der Waals surface area contributed by atoms with Crippen LogP contribution in [0.15, 0.2) is 36.4 Å². The van der Waals surface area contributed by atoms with Gasteiger partial charge in [-0.05, 0) is 24.5 Å². The van der Waals surface area contributed by atoms with Gasteiger partial charge in [-0.15, -0.1) is 12.4 Å². The molecule has 1 amide bonds. The first kappa shape index (κ1) is 19.9. The lowest BCUT2D eigenvalue weighted by molar-refractivity contribution is -0.146. The van der Waals surface area contributed by atoms with Gasteiger partial charge in [-0.3, -0.25) is 9.89 Å². The summed E-state index contributed by atoms with van der Waals surface area (Å²) in [5, 5.41) is 10.9. The van der Waals surface area contributed by atoms with Crippen molar-refractivity contribution >= 4 is 18.3 Å².